The van der Waals surface area contributed by atoms with E-state index in [0.717, 1.165) is 45.6 Å². The molecule has 2 unspecified atom stereocenters. The summed E-state index contributed by atoms with van der Waals surface area (Å²) in [5.41, 5.74) is 5.78. The maximum atomic E-state index is 11.2. The summed E-state index contributed by atoms with van der Waals surface area (Å²) in [6.45, 7) is 7.66. The highest BCUT2D eigenvalue weighted by molar-refractivity contribution is 5.76. The van der Waals surface area contributed by atoms with Crippen LogP contribution in [0.2, 0.25) is 0 Å². The normalized spacial score (nSPS) is 36.4. The molecule has 0 saturated carbocycles. The molecule has 16 heavy (non-hydrogen) atoms. The monoisotopic (exact) mass is 225 g/mol. The van der Waals surface area contributed by atoms with Crippen molar-refractivity contribution in [2.24, 2.45) is 17.1 Å². The maximum absolute atomic E-state index is 11.2. The summed E-state index contributed by atoms with van der Waals surface area (Å²) < 4.78 is 0. The van der Waals surface area contributed by atoms with Crippen molar-refractivity contribution in [1.82, 2.24) is 10.2 Å². The minimum Gasteiger partial charge on any atom is -0.369 e. The van der Waals surface area contributed by atoms with E-state index in [1.54, 1.807) is 0 Å². The van der Waals surface area contributed by atoms with Crippen LogP contribution < -0.4 is 11.1 Å². The van der Waals surface area contributed by atoms with Gasteiger partial charge in [-0.3, -0.25) is 4.79 Å². The van der Waals surface area contributed by atoms with Gasteiger partial charge in [0, 0.05) is 19.6 Å². The highest BCUT2D eigenvalue weighted by Crippen LogP contribution is 2.27. The molecule has 4 heteroatoms. The molecule has 2 fully saturated rings. The van der Waals surface area contributed by atoms with E-state index in [2.05, 4.69) is 17.1 Å². The molecule has 92 valence electrons. The van der Waals surface area contributed by atoms with Gasteiger partial charge in [0.2, 0.25) is 5.91 Å². The molecule has 4 nitrogen and oxygen atoms in total. The van der Waals surface area contributed by atoms with Crippen molar-refractivity contribution < 1.29 is 4.79 Å². The number of hydrogen-bond acceptors (Lipinski definition) is 3. The molecule has 2 saturated heterocycles. The van der Waals surface area contributed by atoms with Crippen molar-refractivity contribution in [2.45, 2.75) is 26.2 Å². The predicted octanol–water partition coefficient (Wildman–Crippen LogP) is 0.183. The van der Waals surface area contributed by atoms with Crippen molar-refractivity contribution in [3.63, 3.8) is 0 Å². The van der Waals surface area contributed by atoms with Gasteiger partial charge in [0.1, 0.15) is 0 Å². The van der Waals surface area contributed by atoms with Crippen LogP contribution in [-0.4, -0.2) is 43.5 Å². The van der Waals surface area contributed by atoms with Gasteiger partial charge in [0.15, 0.2) is 0 Å². The molecule has 0 radical (unpaired) electrons. The second-order valence-electron chi connectivity index (χ2n) is 5.71. The Kier molecular flexibility index (Phi) is 3.50. The highest BCUT2D eigenvalue weighted by atomic mass is 16.1. The standard InChI is InChI=1S/C12H23N3O/c1-12(4-5-14-8-12)9-15-6-2-3-10(7-15)11(13)16/h10,14H,2-9H2,1H3,(H2,13,16). The van der Waals surface area contributed by atoms with E-state index < -0.39 is 0 Å². The minimum absolute atomic E-state index is 0.0757. The van der Waals surface area contributed by atoms with Crippen molar-refractivity contribution in [1.29, 1.82) is 0 Å². The molecule has 2 aliphatic heterocycles. The lowest BCUT2D eigenvalue weighted by Crippen LogP contribution is -2.45. The van der Waals surface area contributed by atoms with Crippen molar-refractivity contribution in [2.75, 3.05) is 32.7 Å². The first-order valence-electron chi connectivity index (χ1n) is 6.31. The zero-order valence-corrected chi connectivity index (χ0v) is 10.2. The van der Waals surface area contributed by atoms with E-state index in [1.807, 2.05) is 0 Å². The predicted molar refractivity (Wildman–Crippen MR) is 64.0 cm³/mol. The van der Waals surface area contributed by atoms with Crippen LogP contribution in [0.15, 0.2) is 0 Å². The van der Waals surface area contributed by atoms with Crippen LogP contribution in [-0.2, 0) is 4.79 Å². The Balaban J connectivity index is 1.87. The molecule has 0 aromatic rings. The lowest BCUT2D eigenvalue weighted by Gasteiger charge is -2.36. The van der Waals surface area contributed by atoms with Gasteiger partial charge in [-0.1, -0.05) is 6.92 Å². The number of likely N-dealkylation sites (tertiary alicyclic amines) is 1. The van der Waals surface area contributed by atoms with Crippen LogP contribution in [0.5, 0.6) is 0 Å². The molecular formula is C12H23N3O. The molecule has 2 aliphatic rings. The minimum atomic E-state index is -0.126. The second-order valence-corrected chi connectivity index (χ2v) is 5.71. The smallest absolute Gasteiger partial charge is 0.221 e. The SMILES string of the molecule is CC1(CN2CCCC(C(N)=O)C2)CCNC1. The molecular weight excluding hydrogens is 202 g/mol. The molecule has 0 aliphatic carbocycles. The van der Waals surface area contributed by atoms with Crippen LogP contribution in [0.3, 0.4) is 0 Å². The largest absolute Gasteiger partial charge is 0.369 e. The Labute approximate surface area is 97.6 Å². The molecule has 2 rings (SSSR count). The molecule has 3 N–H and O–H groups in total. The van der Waals surface area contributed by atoms with Crippen LogP contribution in [0, 0.1) is 11.3 Å². The number of amides is 1. The molecule has 0 spiro atoms. The van der Waals surface area contributed by atoms with Crippen LogP contribution in [0.1, 0.15) is 26.2 Å². The fraction of sp³-hybridized carbons (Fsp3) is 0.917. The van der Waals surface area contributed by atoms with Gasteiger partial charge in [-0.15, -0.1) is 0 Å². The summed E-state index contributed by atoms with van der Waals surface area (Å²) in [5.74, 6) is -0.0499. The molecule has 2 atom stereocenters. The highest BCUT2D eigenvalue weighted by Gasteiger charge is 2.33. The lowest BCUT2D eigenvalue weighted by atomic mass is 9.87. The van der Waals surface area contributed by atoms with E-state index in [9.17, 15) is 4.79 Å². The topological polar surface area (TPSA) is 58.4 Å². The Bertz CT molecular complexity index is 261. The van der Waals surface area contributed by atoms with Crippen LogP contribution in [0.25, 0.3) is 0 Å². The quantitative estimate of drug-likeness (QED) is 0.720. The number of primary amides is 1. The van der Waals surface area contributed by atoms with Crippen molar-refractivity contribution >= 4 is 5.91 Å². The fourth-order valence-corrected chi connectivity index (χ4v) is 2.97. The van der Waals surface area contributed by atoms with Crippen molar-refractivity contribution in [3.8, 4) is 0 Å². The van der Waals surface area contributed by atoms with Gasteiger partial charge >= 0.3 is 0 Å². The average Bonchev–Trinajstić information content (AvgIpc) is 2.65. The first-order valence-corrected chi connectivity index (χ1v) is 6.31. The summed E-state index contributed by atoms with van der Waals surface area (Å²) in [4.78, 5) is 13.6. The Morgan fingerprint density at radius 3 is 3.06 bits per heavy atom. The number of hydrogen-bond donors (Lipinski definition) is 2. The van der Waals surface area contributed by atoms with E-state index >= 15 is 0 Å². The van der Waals surface area contributed by atoms with E-state index in [1.165, 1.54) is 6.42 Å². The van der Waals surface area contributed by atoms with Gasteiger partial charge in [0.25, 0.3) is 0 Å². The Morgan fingerprint density at radius 1 is 1.62 bits per heavy atom. The lowest BCUT2D eigenvalue weighted by molar-refractivity contribution is -0.123. The van der Waals surface area contributed by atoms with Gasteiger partial charge < -0.3 is 16.0 Å². The van der Waals surface area contributed by atoms with E-state index in [0.29, 0.717) is 5.41 Å². The van der Waals surface area contributed by atoms with Crippen LogP contribution >= 0.6 is 0 Å². The summed E-state index contributed by atoms with van der Waals surface area (Å²) in [6.07, 6.45) is 3.32. The number of carbonyl (C=O) groups excluding carboxylic acids is 1. The average molecular weight is 225 g/mol. The number of rotatable bonds is 3. The van der Waals surface area contributed by atoms with Crippen LogP contribution in [0.4, 0.5) is 0 Å². The fourth-order valence-electron chi connectivity index (χ4n) is 2.97. The number of carbonyl (C=O) groups is 1. The molecule has 0 aromatic carbocycles. The van der Waals surface area contributed by atoms with E-state index in [-0.39, 0.29) is 11.8 Å². The summed E-state index contributed by atoms with van der Waals surface area (Å²) in [6, 6.07) is 0. The number of piperidine rings is 1. The Morgan fingerprint density at radius 2 is 2.44 bits per heavy atom. The van der Waals surface area contributed by atoms with Gasteiger partial charge in [-0.25, -0.2) is 0 Å². The first-order chi connectivity index (χ1) is 7.59. The molecule has 0 bridgehead atoms. The summed E-state index contributed by atoms with van der Waals surface area (Å²) in [5, 5.41) is 3.42. The maximum Gasteiger partial charge on any atom is 0.221 e. The molecule has 1 amide bonds. The van der Waals surface area contributed by atoms with Gasteiger partial charge in [-0.2, -0.15) is 0 Å². The summed E-state index contributed by atoms with van der Waals surface area (Å²) >= 11 is 0. The third-order valence-electron chi connectivity index (χ3n) is 3.97. The first kappa shape index (κ1) is 11.9. The number of nitrogens with one attached hydrogen (secondary N) is 1. The van der Waals surface area contributed by atoms with Gasteiger partial charge in [0.05, 0.1) is 5.92 Å². The van der Waals surface area contributed by atoms with Crippen molar-refractivity contribution in [3.05, 3.63) is 0 Å². The Hall–Kier alpha value is -0.610. The zero-order valence-electron chi connectivity index (χ0n) is 10.2. The third-order valence-corrected chi connectivity index (χ3v) is 3.97. The third kappa shape index (κ3) is 2.74. The molecule has 2 heterocycles. The number of nitrogens with zero attached hydrogens (tertiary/aromatic N) is 1. The van der Waals surface area contributed by atoms with E-state index in [4.69, 9.17) is 5.73 Å². The second kappa shape index (κ2) is 4.72. The zero-order chi connectivity index (χ0) is 11.6. The molecule has 0 aromatic heterocycles. The number of nitrogens with two attached hydrogens (primary N) is 1. The van der Waals surface area contributed by atoms with Gasteiger partial charge in [-0.05, 0) is 37.8 Å². The summed E-state index contributed by atoms with van der Waals surface area (Å²) in [7, 11) is 0.